The summed E-state index contributed by atoms with van der Waals surface area (Å²) in [6.45, 7) is 0.495. The first-order valence-corrected chi connectivity index (χ1v) is 6.75. The smallest absolute Gasteiger partial charge is 0.248 e. The van der Waals surface area contributed by atoms with E-state index >= 15 is 0 Å². The summed E-state index contributed by atoms with van der Waals surface area (Å²) in [7, 11) is 0. The van der Waals surface area contributed by atoms with Gasteiger partial charge in [0.25, 0.3) is 0 Å². The average molecular weight is 298 g/mol. The Labute approximate surface area is 107 Å². The van der Waals surface area contributed by atoms with E-state index in [0.717, 1.165) is 23.3 Å². The Bertz CT molecular complexity index is 504. The summed E-state index contributed by atoms with van der Waals surface area (Å²) in [6.07, 6.45) is 5.13. The second-order valence-corrected chi connectivity index (χ2v) is 4.96. The molecule has 0 saturated heterocycles. The van der Waals surface area contributed by atoms with Gasteiger partial charge in [0.2, 0.25) is 5.89 Å². The van der Waals surface area contributed by atoms with Gasteiger partial charge in [0.1, 0.15) is 6.54 Å². The highest BCUT2D eigenvalue weighted by molar-refractivity contribution is 9.09. The fourth-order valence-electron chi connectivity index (χ4n) is 1.61. The number of aromatic nitrogens is 5. The second-order valence-electron chi connectivity index (χ2n) is 4.17. The van der Waals surface area contributed by atoms with Crippen molar-refractivity contribution in [1.82, 2.24) is 25.1 Å². The first-order chi connectivity index (χ1) is 8.35. The second kappa shape index (κ2) is 4.56. The SMILES string of the molecule is BrCCc1cn(Cc2nc(C3CC3)no2)nn1. The van der Waals surface area contributed by atoms with Gasteiger partial charge in [0, 0.05) is 23.9 Å². The minimum atomic E-state index is 0.495. The van der Waals surface area contributed by atoms with Crippen LogP contribution in [0.4, 0.5) is 0 Å². The first-order valence-electron chi connectivity index (χ1n) is 5.62. The van der Waals surface area contributed by atoms with Crippen molar-refractivity contribution < 1.29 is 4.52 Å². The maximum atomic E-state index is 5.18. The van der Waals surface area contributed by atoms with Gasteiger partial charge in [-0.3, -0.25) is 0 Å². The monoisotopic (exact) mass is 297 g/mol. The van der Waals surface area contributed by atoms with Crippen LogP contribution in [-0.2, 0) is 13.0 Å². The Kier molecular flexibility index (Phi) is 2.92. The van der Waals surface area contributed by atoms with Crippen LogP contribution in [0, 0.1) is 0 Å². The summed E-state index contributed by atoms with van der Waals surface area (Å²) in [5, 5.41) is 12.9. The standard InChI is InChI=1S/C10H12BrN5O/c11-4-3-8-5-16(15-13-8)6-9-12-10(14-17-9)7-1-2-7/h5,7H,1-4,6H2. The molecular weight excluding hydrogens is 286 g/mol. The molecule has 0 unspecified atom stereocenters. The van der Waals surface area contributed by atoms with E-state index in [9.17, 15) is 0 Å². The van der Waals surface area contributed by atoms with Crippen LogP contribution in [0.1, 0.15) is 36.2 Å². The molecule has 2 heterocycles. The molecule has 2 aromatic heterocycles. The van der Waals surface area contributed by atoms with Crippen molar-refractivity contribution in [3.8, 4) is 0 Å². The topological polar surface area (TPSA) is 69.6 Å². The Balaban J connectivity index is 1.67. The Morgan fingerprint density at radius 2 is 2.35 bits per heavy atom. The van der Waals surface area contributed by atoms with E-state index in [4.69, 9.17) is 4.52 Å². The molecular formula is C10H12BrN5O. The van der Waals surface area contributed by atoms with Gasteiger partial charge in [0.15, 0.2) is 5.82 Å². The summed E-state index contributed by atoms with van der Waals surface area (Å²) in [6, 6.07) is 0. The van der Waals surface area contributed by atoms with Gasteiger partial charge in [0.05, 0.1) is 5.69 Å². The zero-order valence-corrected chi connectivity index (χ0v) is 10.8. The van der Waals surface area contributed by atoms with Gasteiger partial charge in [-0.15, -0.1) is 5.10 Å². The molecule has 0 atom stereocenters. The molecule has 0 N–H and O–H groups in total. The van der Waals surface area contributed by atoms with Crippen molar-refractivity contribution >= 4 is 15.9 Å². The molecule has 1 saturated carbocycles. The number of aryl methyl sites for hydroxylation is 1. The molecule has 3 rings (SSSR count). The summed E-state index contributed by atoms with van der Waals surface area (Å²) in [4.78, 5) is 4.35. The van der Waals surface area contributed by atoms with Gasteiger partial charge in [-0.05, 0) is 12.8 Å². The lowest BCUT2D eigenvalue weighted by molar-refractivity contribution is 0.360. The average Bonchev–Trinajstić information content (AvgIpc) is 2.92. The van der Waals surface area contributed by atoms with E-state index in [-0.39, 0.29) is 0 Å². The van der Waals surface area contributed by atoms with Crippen molar-refractivity contribution in [3.05, 3.63) is 23.6 Å². The Morgan fingerprint density at radius 1 is 1.47 bits per heavy atom. The van der Waals surface area contributed by atoms with Crippen LogP contribution in [0.15, 0.2) is 10.7 Å². The van der Waals surface area contributed by atoms with Gasteiger partial charge >= 0.3 is 0 Å². The number of halogens is 1. The van der Waals surface area contributed by atoms with Crippen LogP contribution in [0.3, 0.4) is 0 Å². The van der Waals surface area contributed by atoms with E-state index < -0.39 is 0 Å². The molecule has 1 aliphatic rings. The Morgan fingerprint density at radius 3 is 3.12 bits per heavy atom. The quantitative estimate of drug-likeness (QED) is 0.783. The molecule has 6 nitrogen and oxygen atoms in total. The number of rotatable bonds is 5. The molecule has 0 spiro atoms. The van der Waals surface area contributed by atoms with Gasteiger partial charge in [-0.25, -0.2) is 4.68 Å². The summed E-state index contributed by atoms with van der Waals surface area (Å²) in [5.41, 5.74) is 0.962. The number of hydrogen-bond acceptors (Lipinski definition) is 5. The van der Waals surface area contributed by atoms with Crippen LogP contribution in [0.25, 0.3) is 0 Å². The van der Waals surface area contributed by atoms with E-state index in [2.05, 4.69) is 36.4 Å². The lowest BCUT2D eigenvalue weighted by Crippen LogP contribution is -2.00. The van der Waals surface area contributed by atoms with Crippen molar-refractivity contribution in [2.24, 2.45) is 0 Å². The minimum absolute atomic E-state index is 0.495. The third-order valence-corrected chi connectivity index (χ3v) is 3.06. The van der Waals surface area contributed by atoms with Gasteiger partial charge in [-0.2, -0.15) is 4.98 Å². The highest BCUT2D eigenvalue weighted by atomic mass is 79.9. The molecule has 0 aromatic carbocycles. The third-order valence-electron chi connectivity index (χ3n) is 2.66. The van der Waals surface area contributed by atoms with E-state index in [0.29, 0.717) is 18.4 Å². The Hall–Kier alpha value is -1.24. The van der Waals surface area contributed by atoms with Crippen LogP contribution in [-0.4, -0.2) is 30.5 Å². The molecule has 1 fully saturated rings. The van der Waals surface area contributed by atoms with Crippen LogP contribution >= 0.6 is 15.9 Å². The molecule has 0 aliphatic heterocycles. The van der Waals surface area contributed by atoms with E-state index in [1.165, 1.54) is 12.8 Å². The predicted octanol–water partition coefficient (Wildman–Crippen LogP) is 1.52. The van der Waals surface area contributed by atoms with Crippen molar-refractivity contribution in [2.75, 3.05) is 5.33 Å². The van der Waals surface area contributed by atoms with E-state index in [1.54, 1.807) is 4.68 Å². The number of alkyl halides is 1. The lowest BCUT2D eigenvalue weighted by Gasteiger charge is -1.92. The molecule has 0 radical (unpaired) electrons. The number of hydrogen-bond donors (Lipinski definition) is 0. The molecule has 90 valence electrons. The first kappa shape index (κ1) is 10.9. The van der Waals surface area contributed by atoms with Crippen molar-refractivity contribution in [2.45, 2.75) is 31.7 Å². The molecule has 17 heavy (non-hydrogen) atoms. The minimum Gasteiger partial charge on any atom is -0.337 e. The normalized spacial score (nSPS) is 15.4. The highest BCUT2D eigenvalue weighted by Gasteiger charge is 2.28. The molecule has 2 aromatic rings. The van der Waals surface area contributed by atoms with Crippen LogP contribution < -0.4 is 0 Å². The maximum Gasteiger partial charge on any atom is 0.248 e. The summed E-state index contributed by atoms with van der Waals surface area (Å²) in [5.74, 6) is 1.95. The van der Waals surface area contributed by atoms with Gasteiger partial charge < -0.3 is 4.52 Å². The molecule has 1 aliphatic carbocycles. The van der Waals surface area contributed by atoms with Crippen LogP contribution in [0.5, 0.6) is 0 Å². The summed E-state index contributed by atoms with van der Waals surface area (Å²) < 4.78 is 6.90. The number of nitrogens with zero attached hydrogens (tertiary/aromatic N) is 5. The van der Waals surface area contributed by atoms with Crippen molar-refractivity contribution in [3.63, 3.8) is 0 Å². The molecule has 0 amide bonds. The third kappa shape index (κ3) is 2.54. The molecule has 0 bridgehead atoms. The largest absolute Gasteiger partial charge is 0.337 e. The zero-order valence-electron chi connectivity index (χ0n) is 9.21. The van der Waals surface area contributed by atoms with Crippen LogP contribution in [0.2, 0.25) is 0 Å². The summed E-state index contributed by atoms with van der Waals surface area (Å²) >= 11 is 3.37. The predicted molar refractivity (Wildman–Crippen MR) is 62.9 cm³/mol. The van der Waals surface area contributed by atoms with E-state index in [1.807, 2.05) is 6.20 Å². The maximum absolute atomic E-state index is 5.18. The fraction of sp³-hybridized carbons (Fsp3) is 0.600. The van der Waals surface area contributed by atoms with Crippen molar-refractivity contribution in [1.29, 1.82) is 0 Å². The zero-order chi connectivity index (χ0) is 11.7. The lowest BCUT2D eigenvalue weighted by atomic mass is 10.4. The molecule has 7 heteroatoms. The van der Waals surface area contributed by atoms with Gasteiger partial charge in [-0.1, -0.05) is 26.3 Å². The fourth-order valence-corrected chi connectivity index (χ4v) is 2.01. The highest BCUT2D eigenvalue weighted by Crippen LogP contribution is 2.38.